The van der Waals surface area contributed by atoms with Crippen LogP contribution in [0.4, 0.5) is 0 Å². The molecule has 2 atom stereocenters. The second-order valence-electron chi connectivity index (χ2n) is 9.06. The highest BCUT2D eigenvalue weighted by molar-refractivity contribution is 5.75. The Bertz CT molecular complexity index is 462. The van der Waals surface area contributed by atoms with Gasteiger partial charge in [-0.15, -0.1) is 0 Å². The molecule has 0 saturated heterocycles. The fourth-order valence-electron chi connectivity index (χ4n) is 3.80. The summed E-state index contributed by atoms with van der Waals surface area (Å²) in [5.74, 6) is -0.164. The van der Waals surface area contributed by atoms with E-state index >= 15 is 0 Å². The number of carbonyl (C=O) groups excluding carboxylic acids is 1. The van der Waals surface area contributed by atoms with E-state index in [0.717, 1.165) is 19.3 Å². The van der Waals surface area contributed by atoms with Crippen LogP contribution in [0.2, 0.25) is 0 Å². The highest BCUT2D eigenvalue weighted by Gasteiger charge is 2.16. The lowest BCUT2D eigenvalue weighted by Crippen LogP contribution is -2.44. The molecule has 0 aromatic carbocycles. The summed E-state index contributed by atoms with van der Waals surface area (Å²) in [5, 5.41) is 21.9. The molecule has 0 bridgehead atoms. The van der Waals surface area contributed by atoms with Crippen molar-refractivity contribution in [1.82, 2.24) is 5.32 Å². The van der Waals surface area contributed by atoms with Crippen molar-refractivity contribution in [2.24, 2.45) is 0 Å². The molecule has 188 valence electrons. The number of allylic oxidation sites excluding steroid dienone is 3. The van der Waals surface area contributed by atoms with Gasteiger partial charge in [-0.1, -0.05) is 122 Å². The van der Waals surface area contributed by atoms with E-state index in [-0.39, 0.29) is 12.5 Å². The number of aliphatic hydroxyl groups excluding tert-OH is 2. The molecule has 3 N–H and O–H groups in total. The number of hydrogen-bond acceptors (Lipinski definition) is 3. The summed E-state index contributed by atoms with van der Waals surface area (Å²) in [6.45, 7) is 3.76. The first-order valence-electron chi connectivity index (χ1n) is 13.6. The normalized spacial score (nSPS) is 13.8. The van der Waals surface area contributed by atoms with Gasteiger partial charge in [0, 0.05) is 6.42 Å². The third-order valence-electron chi connectivity index (χ3n) is 6.00. The molecule has 4 heteroatoms. The van der Waals surface area contributed by atoms with Crippen molar-refractivity contribution < 1.29 is 15.0 Å². The van der Waals surface area contributed by atoms with Crippen LogP contribution in [0.25, 0.3) is 0 Å². The fourth-order valence-corrected chi connectivity index (χ4v) is 3.80. The van der Waals surface area contributed by atoms with Crippen molar-refractivity contribution in [3.05, 3.63) is 24.3 Å². The first-order chi connectivity index (χ1) is 15.7. The number of hydrogen-bond donors (Lipinski definition) is 3. The first kappa shape index (κ1) is 30.9. The van der Waals surface area contributed by atoms with Crippen LogP contribution in [0.5, 0.6) is 0 Å². The lowest BCUT2D eigenvalue weighted by Gasteiger charge is -2.19. The van der Waals surface area contributed by atoms with Crippen LogP contribution in [0, 0.1) is 0 Å². The van der Waals surface area contributed by atoms with E-state index in [2.05, 4.69) is 24.4 Å². The monoisotopic (exact) mass is 451 g/mol. The summed E-state index contributed by atoms with van der Waals surface area (Å²) >= 11 is 0. The van der Waals surface area contributed by atoms with E-state index in [1.165, 1.54) is 89.9 Å². The lowest BCUT2D eigenvalue weighted by molar-refractivity contribution is -0.122. The third kappa shape index (κ3) is 20.8. The van der Waals surface area contributed by atoms with E-state index in [1.807, 2.05) is 6.08 Å². The number of unbranched alkanes of at least 4 members (excludes halogenated alkanes) is 15. The Balaban J connectivity index is 3.45. The van der Waals surface area contributed by atoms with Crippen LogP contribution in [0.3, 0.4) is 0 Å². The van der Waals surface area contributed by atoms with Gasteiger partial charge in [0.25, 0.3) is 0 Å². The molecule has 1 amide bonds. The van der Waals surface area contributed by atoms with Crippen molar-refractivity contribution in [1.29, 1.82) is 0 Å². The quantitative estimate of drug-likeness (QED) is 0.116. The molecule has 0 radical (unpaired) electrons. The van der Waals surface area contributed by atoms with Crippen LogP contribution in [-0.4, -0.2) is 34.9 Å². The highest BCUT2D eigenvalue weighted by Crippen LogP contribution is 2.13. The highest BCUT2D eigenvalue weighted by atomic mass is 16.3. The van der Waals surface area contributed by atoms with Crippen LogP contribution in [0.15, 0.2) is 24.3 Å². The predicted molar refractivity (Wildman–Crippen MR) is 138 cm³/mol. The van der Waals surface area contributed by atoms with Gasteiger partial charge in [-0.25, -0.2) is 0 Å². The molecule has 0 aromatic heterocycles. The first-order valence-corrected chi connectivity index (χ1v) is 13.6. The van der Waals surface area contributed by atoms with Crippen molar-refractivity contribution in [3.8, 4) is 0 Å². The Kier molecular flexibility index (Phi) is 23.6. The summed E-state index contributed by atoms with van der Waals surface area (Å²) in [6.07, 6.45) is 30.1. The van der Waals surface area contributed by atoms with Crippen molar-refractivity contribution in [3.63, 3.8) is 0 Å². The smallest absolute Gasteiger partial charge is 0.220 e. The summed E-state index contributed by atoms with van der Waals surface area (Å²) in [4.78, 5) is 11.4. The number of rotatable bonds is 23. The largest absolute Gasteiger partial charge is 0.394 e. The molecule has 4 nitrogen and oxygen atoms in total. The molecule has 32 heavy (non-hydrogen) atoms. The number of aliphatic hydroxyl groups is 2. The zero-order chi connectivity index (χ0) is 23.7. The average Bonchev–Trinajstić information content (AvgIpc) is 2.80. The molecule has 0 rings (SSSR count). The average molecular weight is 452 g/mol. The van der Waals surface area contributed by atoms with Gasteiger partial charge in [0.15, 0.2) is 0 Å². The van der Waals surface area contributed by atoms with Crippen LogP contribution in [0.1, 0.15) is 129 Å². The molecular formula is C28H53NO3. The lowest BCUT2D eigenvalue weighted by atomic mass is 10.0. The van der Waals surface area contributed by atoms with Crippen LogP contribution < -0.4 is 5.32 Å². The van der Waals surface area contributed by atoms with E-state index in [9.17, 15) is 15.0 Å². The molecule has 0 heterocycles. The molecule has 0 aliphatic rings. The number of amides is 1. The van der Waals surface area contributed by atoms with Gasteiger partial charge in [-0.2, -0.15) is 0 Å². The number of carbonyl (C=O) groups is 1. The van der Waals surface area contributed by atoms with Gasteiger partial charge < -0.3 is 15.5 Å². The van der Waals surface area contributed by atoms with Crippen LogP contribution >= 0.6 is 0 Å². The molecule has 0 aliphatic carbocycles. The maximum atomic E-state index is 11.4. The maximum absolute atomic E-state index is 11.4. The number of nitrogens with one attached hydrogen (secondary N) is 1. The molecule has 2 unspecified atom stereocenters. The van der Waals surface area contributed by atoms with Crippen molar-refractivity contribution in [2.75, 3.05) is 6.61 Å². The zero-order valence-corrected chi connectivity index (χ0v) is 21.2. The van der Waals surface area contributed by atoms with Gasteiger partial charge in [-0.05, 0) is 25.7 Å². The summed E-state index contributed by atoms with van der Waals surface area (Å²) in [7, 11) is 0. The molecular weight excluding hydrogens is 398 g/mol. The van der Waals surface area contributed by atoms with Gasteiger partial charge in [-0.3, -0.25) is 4.79 Å². The Morgan fingerprint density at radius 3 is 1.69 bits per heavy atom. The summed E-state index contributed by atoms with van der Waals surface area (Å²) in [5.41, 5.74) is 0. The third-order valence-corrected chi connectivity index (χ3v) is 6.00. The zero-order valence-electron chi connectivity index (χ0n) is 21.2. The molecule has 0 saturated carbocycles. The van der Waals surface area contributed by atoms with Gasteiger partial charge in [0.1, 0.15) is 0 Å². The predicted octanol–water partition coefficient (Wildman–Crippen LogP) is 7.00. The second-order valence-corrected chi connectivity index (χ2v) is 9.06. The van der Waals surface area contributed by atoms with Gasteiger partial charge in [0.05, 0.1) is 18.8 Å². The molecule has 0 aromatic rings. The summed E-state index contributed by atoms with van der Waals surface area (Å²) < 4.78 is 0. The Labute approximate surface area is 199 Å². The SMILES string of the molecule is CCCCCCCCCCCCCCCC/C=C/CC/C=C/C(O)C(CO)NC(=O)CC. The Morgan fingerprint density at radius 2 is 1.19 bits per heavy atom. The van der Waals surface area contributed by atoms with E-state index in [4.69, 9.17) is 0 Å². The van der Waals surface area contributed by atoms with Gasteiger partial charge >= 0.3 is 0 Å². The topological polar surface area (TPSA) is 69.6 Å². The minimum Gasteiger partial charge on any atom is -0.394 e. The van der Waals surface area contributed by atoms with E-state index in [1.54, 1.807) is 13.0 Å². The summed E-state index contributed by atoms with van der Waals surface area (Å²) in [6, 6.07) is -0.630. The van der Waals surface area contributed by atoms with E-state index in [0.29, 0.717) is 6.42 Å². The minimum atomic E-state index is -0.852. The van der Waals surface area contributed by atoms with Gasteiger partial charge in [0.2, 0.25) is 5.91 Å². The standard InChI is InChI=1S/C28H53NO3/c1-3-5-6-7-8-9-10-11-12-13-14-15-16-17-18-19-20-21-22-23-24-27(31)26(25-30)29-28(32)4-2/h19-20,23-24,26-27,30-31H,3-18,21-22,25H2,1-2H3,(H,29,32)/b20-19+,24-23+. The molecule has 0 spiro atoms. The van der Waals surface area contributed by atoms with E-state index < -0.39 is 12.1 Å². The minimum absolute atomic E-state index is 0.164. The van der Waals surface area contributed by atoms with Crippen molar-refractivity contribution >= 4 is 5.91 Å². The molecule has 0 fully saturated rings. The Morgan fingerprint density at radius 1 is 0.719 bits per heavy atom. The van der Waals surface area contributed by atoms with Crippen LogP contribution in [-0.2, 0) is 4.79 Å². The molecule has 0 aliphatic heterocycles. The Hall–Kier alpha value is -1.13. The maximum Gasteiger partial charge on any atom is 0.220 e. The second kappa shape index (κ2) is 24.5. The van der Waals surface area contributed by atoms with Crippen molar-refractivity contribution in [2.45, 2.75) is 142 Å². The fraction of sp³-hybridized carbons (Fsp3) is 0.821.